The average molecular weight is 593 g/mol. The Labute approximate surface area is 239 Å². The first-order valence-corrected chi connectivity index (χ1v) is 13.2. The number of hydrogen-bond donors (Lipinski definition) is 5. The Morgan fingerprint density at radius 3 is 1.64 bits per heavy atom. The number of rotatable bonds is 14. The lowest BCUT2D eigenvalue weighted by Crippen LogP contribution is -2.37. The van der Waals surface area contributed by atoms with Gasteiger partial charge in [-0.3, -0.25) is 28.7 Å². The third kappa shape index (κ3) is 10.4. The highest BCUT2D eigenvalue weighted by Crippen LogP contribution is 2.13. The summed E-state index contributed by atoms with van der Waals surface area (Å²) in [5, 5.41) is 27.4. The summed E-state index contributed by atoms with van der Waals surface area (Å²) in [5.74, 6) is -0.566. The van der Waals surface area contributed by atoms with E-state index in [0.29, 0.717) is 18.4 Å². The molecule has 230 valence electrons. The van der Waals surface area contributed by atoms with Crippen molar-refractivity contribution in [2.75, 3.05) is 26.4 Å². The highest BCUT2D eigenvalue weighted by atomic mass is 16.6. The van der Waals surface area contributed by atoms with Gasteiger partial charge in [-0.25, -0.2) is 14.4 Å². The topological polar surface area (TPSA) is 215 Å². The Morgan fingerprint density at radius 1 is 0.738 bits per heavy atom. The molecule has 42 heavy (non-hydrogen) atoms. The number of esters is 1. The molecule has 15 heteroatoms. The van der Waals surface area contributed by atoms with E-state index < -0.39 is 59.7 Å². The standard InChI is InChI=1S/C17H20N2O6.C10H16N2O5/c1-2-13(10-20)25-15(19-9-8-14(21)18-17(19)23)11-24-16(22)12-6-4-3-5-7-12;1-2-7(5-13)17-9(6-14)12-4-3-8(15)11-10(12)16/h3-9,13,15,20H,2,10-11H2,1H3,(H,18,21,23);3-4,7,9,13-14H,2,5-6H2,1H3,(H,11,15,16)/t13-,15-;7-,9-/m11/s1. The van der Waals surface area contributed by atoms with Gasteiger partial charge in [-0.1, -0.05) is 32.0 Å². The largest absolute Gasteiger partial charge is 0.457 e. The number of aromatic nitrogens is 4. The van der Waals surface area contributed by atoms with Crippen molar-refractivity contribution >= 4 is 5.97 Å². The second-order valence-corrected chi connectivity index (χ2v) is 8.79. The summed E-state index contributed by atoms with van der Waals surface area (Å²) < 4.78 is 18.4. The first-order valence-electron chi connectivity index (χ1n) is 13.2. The Hall–Kier alpha value is -4.15. The van der Waals surface area contributed by atoms with E-state index in [-0.39, 0.29) is 19.8 Å². The average Bonchev–Trinajstić information content (AvgIpc) is 2.99. The zero-order valence-electron chi connectivity index (χ0n) is 23.3. The van der Waals surface area contributed by atoms with Gasteiger partial charge >= 0.3 is 17.3 Å². The Bertz CT molecular complexity index is 1460. The Balaban J connectivity index is 0.000000317. The van der Waals surface area contributed by atoms with E-state index in [1.807, 2.05) is 13.8 Å². The second kappa shape index (κ2) is 17.6. The molecule has 0 bridgehead atoms. The highest BCUT2D eigenvalue weighted by molar-refractivity contribution is 5.89. The first kappa shape index (κ1) is 34.1. The molecular formula is C27H36N4O11. The molecule has 0 spiro atoms. The van der Waals surface area contributed by atoms with Crippen molar-refractivity contribution in [3.05, 3.63) is 102 Å². The van der Waals surface area contributed by atoms with Gasteiger partial charge in [0.2, 0.25) is 0 Å². The number of carbonyl (C=O) groups excluding carboxylic acids is 1. The van der Waals surface area contributed by atoms with E-state index in [4.69, 9.17) is 24.4 Å². The Morgan fingerprint density at radius 2 is 1.21 bits per heavy atom. The van der Waals surface area contributed by atoms with Crippen molar-refractivity contribution in [2.45, 2.75) is 51.4 Å². The van der Waals surface area contributed by atoms with Crippen LogP contribution in [-0.2, 0) is 14.2 Å². The maximum atomic E-state index is 12.1. The number of aromatic amines is 2. The maximum Gasteiger partial charge on any atom is 0.338 e. The zero-order chi connectivity index (χ0) is 31.1. The van der Waals surface area contributed by atoms with E-state index in [2.05, 4.69) is 9.97 Å². The molecule has 0 aliphatic carbocycles. The first-order chi connectivity index (χ1) is 20.2. The molecule has 0 unspecified atom stereocenters. The van der Waals surface area contributed by atoms with Crippen LogP contribution in [0.15, 0.2) is 74.0 Å². The lowest BCUT2D eigenvalue weighted by atomic mass is 10.2. The third-order valence-corrected chi connectivity index (χ3v) is 5.86. The summed E-state index contributed by atoms with van der Waals surface area (Å²) in [6, 6.07) is 10.7. The molecule has 3 aromatic rings. The van der Waals surface area contributed by atoms with Crippen LogP contribution in [0.3, 0.4) is 0 Å². The number of benzene rings is 1. The summed E-state index contributed by atoms with van der Waals surface area (Å²) in [7, 11) is 0. The van der Waals surface area contributed by atoms with Gasteiger partial charge in [-0.05, 0) is 25.0 Å². The van der Waals surface area contributed by atoms with E-state index in [1.54, 1.807) is 30.3 Å². The minimum absolute atomic E-state index is 0.203. The summed E-state index contributed by atoms with van der Waals surface area (Å²) in [5.41, 5.74) is -2.05. The van der Waals surface area contributed by atoms with Crippen LogP contribution < -0.4 is 22.5 Å². The number of ether oxygens (including phenoxy) is 3. The third-order valence-electron chi connectivity index (χ3n) is 5.86. The van der Waals surface area contributed by atoms with Crippen LogP contribution in [0.4, 0.5) is 0 Å². The smallest absolute Gasteiger partial charge is 0.338 e. The predicted molar refractivity (Wildman–Crippen MR) is 149 cm³/mol. The van der Waals surface area contributed by atoms with Crippen molar-refractivity contribution in [1.29, 1.82) is 0 Å². The number of nitrogens with one attached hydrogen (secondary N) is 2. The van der Waals surface area contributed by atoms with Crippen molar-refractivity contribution < 1.29 is 34.3 Å². The van der Waals surface area contributed by atoms with Gasteiger partial charge in [0.1, 0.15) is 6.61 Å². The van der Waals surface area contributed by atoms with Crippen LogP contribution in [-0.4, -0.2) is 79.0 Å². The molecule has 15 nitrogen and oxygen atoms in total. The molecule has 0 aliphatic rings. The van der Waals surface area contributed by atoms with Crippen LogP contribution in [0.25, 0.3) is 0 Å². The fourth-order valence-electron chi connectivity index (χ4n) is 3.48. The molecule has 4 atom stereocenters. The van der Waals surface area contributed by atoms with Crippen molar-refractivity contribution in [1.82, 2.24) is 19.1 Å². The van der Waals surface area contributed by atoms with E-state index in [0.717, 1.165) is 21.3 Å². The minimum Gasteiger partial charge on any atom is -0.457 e. The predicted octanol–water partition coefficient (Wildman–Crippen LogP) is -0.505. The van der Waals surface area contributed by atoms with Gasteiger partial charge in [-0.2, -0.15) is 0 Å². The van der Waals surface area contributed by atoms with Crippen molar-refractivity contribution in [3.8, 4) is 0 Å². The molecule has 3 rings (SSSR count). The molecule has 2 heterocycles. The van der Waals surface area contributed by atoms with Gasteiger partial charge in [0, 0.05) is 24.5 Å². The summed E-state index contributed by atoms with van der Waals surface area (Å²) >= 11 is 0. The van der Waals surface area contributed by atoms with Crippen LogP contribution in [0.2, 0.25) is 0 Å². The molecule has 2 aromatic heterocycles. The van der Waals surface area contributed by atoms with Crippen molar-refractivity contribution in [2.24, 2.45) is 0 Å². The molecule has 0 aliphatic heterocycles. The molecule has 0 radical (unpaired) electrons. The lowest BCUT2D eigenvalue weighted by Gasteiger charge is -2.24. The SMILES string of the molecule is CC[C@H](CO)O[C@H](CO)n1ccc(=O)[nH]c1=O.CC[C@H](CO)O[C@H](COC(=O)c1ccccc1)n1ccc(=O)[nH]c1=O. The van der Waals surface area contributed by atoms with E-state index >= 15 is 0 Å². The summed E-state index contributed by atoms with van der Waals surface area (Å²) in [4.78, 5) is 61.8. The molecule has 0 amide bonds. The van der Waals surface area contributed by atoms with Crippen LogP contribution in [0.1, 0.15) is 49.5 Å². The molecule has 1 aromatic carbocycles. The normalized spacial score (nSPS) is 13.7. The molecule has 0 fully saturated rings. The maximum absolute atomic E-state index is 12.1. The highest BCUT2D eigenvalue weighted by Gasteiger charge is 2.21. The number of aliphatic hydroxyl groups excluding tert-OH is 3. The van der Waals surface area contributed by atoms with Gasteiger partial charge in [0.05, 0.1) is 37.6 Å². The summed E-state index contributed by atoms with van der Waals surface area (Å²) in [6.07, 6.45) is 0.636. The van der Waals surface area contributed by atoms with Gasteiger partial charge in [-0.15, -0.1) is 0 Å². The quantitative estimate of drug-likeness (QED) is 0.150. The van der Waals surface area contributed by atoms with Crippen molar-refractivity contribution in [3.63, 3.8) is 0 Å². The Kier molecular flexibility index (Phi) is 14.3. The lowest BCUT2D eigenvalue weighted by molar-refractivity contribution is -0.102. The van der Waals surface area contributed by atoms with Crippen LogP contribution in [0.5, 0.6) is 0 Å². The van der Waals surface area contributed by atoms with Crippen LogP contribution >= 0.6 is 0 Å². The second-order valence-electron chi connectivity index (χ2n) is 8.79. The molecule has 0 saturated carbocycles. The number of hydrogen-bond acceptors (Lipinski definition) is 11. The van der Waals surface area contributed by atoms with Gasteiger partial charge < -0.3 is 29.5 Å². The molecule has 5 N–H and O–H groups in total. The zero-order valence-corrected chi connectivity index (χ0v) is 23.3. The number of nitrogens with zero attached hydrogens (tertiary/aromatic N) is 2. The van der Waals surface area contributed by atoms with Crippen LogP contribution in [0, 0.1) is 0 Å². The molecule has 0 saturated heterocycles. The molecular weight excluding hydrogens is 556 g/mol. The number of carbonyl (C=O) groups is 1. The fourth-order valence-corrected chi connectivity index (χ4v) is 3.48. The minimum atomic E-state index is -0.978. The van der Waals surface area contributed by atoms with Gasteiger partial charge in [0.25, 0.3) is 11.1 Å². The fraction of sp³-hybridized carbons (Fsp3) is 0.444. The number of H-pyrrole nitrogens is 2. The monoisotopic (exact) mass is 592 g/mol. The van der Waals surface area contributed by atoms with E-state index in [1.165, 1.54) is 12.4 Å². The summed E-state index contributed by atoms with van der Waals surface area (Å²) in [6.45, 7) is 2.48. The van der Waals surface area contributed by atoms with E-state index in [9.17, 15) is 29.1 Å². The van der Waals surface area contributed by atoms with Gasteiger partial charge in [0.15, 0.2) is 12.5 Å². The number of aliphatic hydroxyl groups is 3.